The summed E-state index contributed by atoms with van der Waals surface area (Å²) in [6, 6.07) is 3.83. The van der Waals surface area contributed by atoms with Crippen LogP contribution in [0.1, 0.15) is 23.8 Å². The Morgan fingerprint density at radius 2 is 2.18 bits per heavy atom. The molecule has 0 radical (unpaired) electrons. The first kappa shape index (κ1) is 16.3. The second-order valence-electron chi connectivity index (χ2n) is 4.41. The molecule has 0 fully saturated rings. The van der Waals surface area contributed by atoms with Gasteiger partial charge in [0.2, 0.25) is 5.91 Å². The van der Waals surface area contributed by atoms with Crippen molar-refractivity contribution in [3.63, 3.8) is 0 Å². The van der Waals surface area contributed by atoms with Gasteiger partial charge in [-0.15, -0.1) is 0 Å². The van der Waals surface area contributed by atoms with Gasteiger partial charge in [-0.05, 0) is 18.6 Å². The molecule has 2 aromatic heterocycles. The normalized spacial score (nSPS) is 12.0. The molecule has 2 aromatic rings. The Kier molecular flexibility index (Phi) is 4.99. The predicted molar refractivity (Wildman–Crippen MR) is 82.1 cm³/mol. The van der Waals surface area contributed by atoms with Crippen LogP contribution in [0, 0.1) is 0 Å². The number of aromatic nitrogens is 3. The Morgan fingerprint density at radius 1 is 1.45 bits per heavy atom. The van der Waals surface area contributed by atoms with Crippen LogP contribution in [-0.4, -0.2) is 32.6 Å². The predicted octanol–water partition coefficient (Wildman–Crippen LogP) is 1.57. The van der Waals surface area contributed by atoms with Crippen molar-refractivity contribution < 1.29 is 9.59 Å². The minimum atomic E-state index is -0.783. The molecular formula is C13H13Cl2N5O2. The third-order valence-electron chi connectivity index (χ3n) is 2.91. The summed E-state index contributed by atoms with van der Waals surface area (Å²) in [6.07, 6.45) is 1.88. The fourth-order valence-electron chi connectivity index (χ4n) is 1.82. The van der Waals surface area contributed by atoms with E-state index in [2.05, 4.69) is 15.4 Å². The summed E-state index contributed by atoms with van der Waals surface area (Å²) in [5, 5.41) is 6.92. The maximum Gasteiger partial charge on any atom is 0.270 e. The third kappa shape index (κ3) is 3.37. The quantitative estimate of drug-likeness (QED) is 0.861. The second kappa shape index (κ2) is 6.76. The molecule has 0 aromatic carbocycles. The van der Waals surface area contributed by atoms with E-state index >= 15 is 0 Å². The second-order valence-corrected chi connectivity index (χ2v) is 5.20. The highest BCUT2D eigenvalue weighted by atomic mass is 35.5. The molecule has 2 rings (SSSR count). The fourth-order valence-corrected chi connectivity index (χ4v) is 2.20. The maximum atomic E-state index is 12.3. The van der Waals surface area contributed by atoms with Gasteiger partial charge in [-0.2, -0.15) is 5.10 Å². The van der Waals surface area contributed by atoms with E-state index in [0.717, 1.165) is 0 Å². The Bertz CT molecular complexity index is 716. The topological polar surface area (TPSA) is 103 Å². The standard InChI is InChI=1S/C13H13Cl2N5O2/c1-2-8(11(16)21)18-13(22)9-6-10(15)19-20(9)12-7(14)4-3-5-17-12/h3-6,8H,2H2,1H3,(H2,16,21)(H,18,22)/t8-/m0/s1. The molecule has 3 N–H and O–H groups in total. The van der Waals surface area contributed by atoms with E-state index in [1.807, 2.05) is 0 Å². The van der Waals surface area contributed by atoms with E-state index in [1.54, 1.807) is 19.1 Å². The Morgan fingerprint density at radius 3 is 2.77 bits per heavy atom. The van der Waals surface area contributed by atoms with E-state index in [-0.39, 0.29) is 16.7 Å². The number of primary amides is 1. The lowest BCUT2D eigenvalue weighted by Crippen LogP contribution is -2.44. The number of nitrogens with zero attached hydrogens (tertiary/aromatic N) is 3. The van der Waals surface area contributed by atoms with Crippen molar-refractivity contribution in [2.45, 2.75) is 19.4 Å². The molecule has 9 heteroatoms. The molecule has 22 heavy (non-hydrogen) atoms. The summed E-state index contributed by atoms with van der Waals surface area (Å²) in [4.78, 5) is 27.6. The number of carbonyl (C=O) groups is 2. The first-order valence-corrected chi connectivity index (χ1v) is 7.16. The van der Waals surface area contributed by atoms with Crippen LogP contribution in [0.25, 0.3) is 5.82 Å². The largest absolute Gasteiger partial charge is 0.368 e. The molecule has 116 valence electrons. The van der Waals surface area contributed by atoms with Crippen molar-refractivity contribution in [2.75, 3.05) is 0 Å². The van der Waals surface area contributed by atoms with Crippen LogP contribution in [0.15, 0.2) is 24.4 Å². The first-order valence-electron chi connectivity index (χ1n) is 6.40. The molecular weight excluding hydrogens is 329 g/mol. The molecule has 0 saturated carbocycles. The molecule has 0 aliphatic carbocycles. The van der Waals surface area contributed by atoms with Gasteiger partial charge in [-0.25, -0.2) is 9.67 Å². The van der Waals surface area contributed by atoms with Gasteiger partial charge in [0.25, 0.3) is 5.91 Å². The minimum Gasteiger partial charge on any atom is -0.368 e. The number of nitrogens with two attached hydrogens (primary N) is 1. The summed E-state index contributed by atoms with van der Waals surface area (Å²) in [6.45, 7) is 1.73. The lowest BCUT2D eigenvalue weighted by molar-refractivity contribution is -0.119. The van der Waals surface area contributed by atoms with E-state index in [4.69, 9.17) is 28.9 Å². The number of halogens is 2. The molecule has 2 heterocycles. The average Bonchev–Trinajstić information content (AvgIpc) is 2.86. The zero-order valence-electron chi connectivity index (χ0n) is 11.6. The van der Waals surface area contributed by atoms with Gasteiger partial charge in [0.15, 0.2) is 11.0 Å². The van der Waals surface area contributed by atoms with Gasteiger partial charge in [0, 0.05) is 12.3 Å². The summed E-state index contributed by atoms with van der Waals surface area (Å²) in [5.41, 5.74) is 5.32. The van der Waals surface area contributed by atoms with Gasteiger partial charge in [-0.3, -0.25) is 9.59 Å². The number of rotatable bonds is 5. The highest BCUT2D eigenvalue weighted by molar-refractivity contribution is 6.32. The van der Waals surface area contributed by atoms with Crippen molar-refractivity contribution in [1.82, 2.24) is 20.1 Å². The first-order chi connectivity index (χ1) is 10.4. The van der Waals surface area contributed by atoms with Gasteiger partial charge >= 0.3 is 0 Å². The number of hydrogen-bond acceptors (Lipinski definition) is 4. The Balaban J connectivity index is 2.39. The monoisotopic (exact) mass is 341 g/mol. The van der Waals surface area contributed by atoms with Gasteiger partial charge in [0.1, 0.15) is 11.7 Å². The van der Waals surface area contributed by atoms with Crippen LogP contribution in [0.3, 0.4) is 0 Å². The van der Waals surface area contributed by atoms with Crippen LogP contribution in [-0.2, 0) is 4.79 Å². The van der Waals surface area contributed by atoms with Gasteiger partial charge in [-0.1, -0.05) is 30.1 Å². The number of amides is 2. The lowest BCUT2D eigenvalue weighted by atomic mass is 10.2. The fraction of sp³-hybridized carbons (Fsp3) is 0.231. The van der Waals surface area contributed by atoms with Crippen molar-refractivity contribution in [3.05, 3.63) is 40.3 Å². The average molecular weight is 342 g/mol. The summed E-state index contributed by atoms with van der Waals surface area (Å²) < 4.78 is 1.22. The van der Waals surface area contributed by atoms with Crippen molar-refractivity contribution in [3.8, 4) is 5.82 Å². The molecule has 1 atom stereocenters. The summed E-state index contributed by atoms with van der Waals surface area (Å²) >= 11 is 11.9. The van der Waals surface area contributed by atoms with Crippen molar-refractivity contribution in [1.29, 1.82) is 0 Å². The smallest absolute Gasteiger partial charge is 0.270 e. The van der Waals surface area contributed by atoms with Crippen molar-refractivity contribution in [2.24, 2.45) is 5.73 Å². The van der Waals surface area contributed by atoms with Crippen LogP contribution < -0.4 is 11.1 Å². The number of pyridine rings is 1. The van der Waals surface area contributed by atoms with Gasteiger partial charge in [0.05, 0.1) is 5.02 Å². The summed E-state index contributed by atoms with van der Waals surface area (Å²) in [5.74, 6) is -0.913. The van der Waals surface area contributed by atoms with Gasteiger partial charge < -0.3 is 11.1 Å². The molecule has 7 nitrogen and oxygen atoms in total. The molecule has 0 bridgehead atoms. The highest BCUT2D eigenvalue weighted by Crippen LogP contribution is 2.21. The van der Waals surface area contributed by atoms with Crippen LogP contribution >= 0.6 is 23.2 Å². The zero-order valence-corrected chi connectivity index (χ0v) is 13.1. The SMILES string of the molecule is CC[C@H](NC(=O)c1cc(Cl)nn1-c1ncccc1Cl)C(N)=O. The number of carbonyl (C=O) groups excluding carboxylic acids is 2. The zero-order chi connectivity index (χ0) is 16.3. The third-order valence-corrected chi connectivity index (χ3v) is 3.39. The minimum absolute atomic E-state index is 0.0963. The Labute approximate surface area is 136 Å². The molecule has 0 unspecified atom stereocenters. The Hall–Kier alpha value is -2.12. The van der Waals surface area contributed by atoms with Crippen molar-refractivity contribution >= 4 is 35.0 Å². The molecule has 0 aliphatic rings. The van der Waals surface area contributed by atoms with E-state index in [0.29, 0.717) is 11.4 Å². The maximum absolute atomic E-state index is 12.3. The van der Waals surface area contributed by atoms with E-state index < -0.39 is 17.9 Å². The van der Waals surface area contributed by atoms with E-state index in [1.165, 1.54) is 16.9 Å². The molecule has 0 spiro atoms. The highest BCUT2D eigenvalue weighted by Gasteiger charge is 2.22. The number of hydrogen-bond donors (Lipinski definition) is 2. The van der Waals surface area contributed by atoms with E-state index in [9.17, 15) is 9.59 Å². The van der Waals surface area contributed by atoms with Crippen LogP contribution in [0.5, 0.6) is 0 Å². The van der Waals surface area contributed by atoms with Crippen LogP contribution in [0.2, 0.25) is 10.2 Å². The molecule has 0 aliphatic heterocycles. The number of nitrogens with one attached hydrogen (secondary N) is 1. The summed E-state index contributed by atoms with van der Waals surface area (Å²) in [7, 11) is 0. The molecule has 2 amide bonds. The lowest BCUT2D eigenvalue weighted by Gasteiger charge is -2.14. The molecule has 0 saturated heterocycles. The van der Waals surface area contributed by atoms with Crippen LogP contribution in [0.4, 0.5) is 0 Å².